The fourth-order valence-corrected chi connectivity index (χ4v) is 4.82. The lowest BCUT2D eigenvalue weighted by Crippen LogP contribution is -3.06. The van der Waals surface area contributed by atoms with E-state index in [4.69, 9.17) is 14.7 Å². The van der Waals surface area contributed by atoms with Crippen molar-refractivity contribution < 1.29 is 9.64 Å². The molecule has 0 saturated carbocycles. The molecule has 28 heavy (non-hydrogen) atoms. The highest BCUT2D eigenvalue weighted by Gasteiger charge is 2.28. The van der Waals surface area contributed by atoms with Crippen molar-refractivity contribution >= 4 is 31.8 Å². The van der Waals surface area contributed by atoms with Gasteiger partial charge in [0, 0.05) is 23.8 Å². The van der Waals surface area contributed by atoms with Crippen LogP contribution < -0.4 is 10.5 Å². The largest absolute Gasteiger partial charge is 0.370 e. The number of hydrogen-bond donors (Lipinski definition) is 1. The summed E-state index contributed by atoms with van der Waals surface area (Å²) in [5.74, 6) is 0.885. The molecule has 4 heterocycles. The summed E-state index contributed by atoms with van der Waals surface area (Å²) in [6, 6.07) is 2.14. The molecule has 150 valence electrons. The molecule has 7 heteroatoms. The van der Waals surface area contributed by atoms with Gasteiger partial charge in [0.1, 0.15) is 15.4 Å². The molecule has 0 aromatic carbocycles. The van der Waals surface area contributed by atoms with Crippen molar-refractivity contribution in [1.82, 2.24) is 14.5 Å². The van der Waals surface area contributed by atoms with Crippen LogP contribution in [-0.2, 0) is 30.7 Å². The van der Waals surface area contributed by atoms with Crippen LogP contribution in [-0.4, -0.2) is 40.8 Å². The lowest BCUT2D eigenvalue weighted by molar-refractivity contribution is -0.858. The molecule has 1 N–H and O–H groups in total. The topological polar surface area (TPSA) is 61.5 Å². The molecular weight excluding hydrogens is 372 g/mol. The summed E-state index contributed by atoms with van der Waals surface area (Å²) in [5, 5.41) is 0.988. The number of ether oxygens (including phenoxy) is 1. The predicted molar refractivity (Wildman–Crippen MR) is 113 cm³/mol. The molecule has 0 bridgehead atoms. The Morgan fingerprint density at radius 1 is 1.32 bits per heavy atom. The van der Waals surface area contributed by atoms with Crippen molar-refractivity contribution in [1.29, 1.82) is 0 Å². The molecule has 4 rings (SSSR count). The number of quaternary nitrogens is 1. The molecule has 0 aliphatic carbocycles. The third-order valence-corrected chi connectivity index (χ3v) is 6.41. The Balaban J connectivity index is 1.91. The average Bonchev–Trinajstić information content (AvgIpc) is 2.96. The molecule has 1 aliphatic rings. The van der Waals surface area contributed by atoms with E-state index >= 15 is 0 Å². The first-order valence-corrected chi connectivity index (χ1v) is 10.9. The fraction of sp³-hybridized carbons (Fsp3) is 0.571. The molecule has 0 spiro atoms. The van der Waals surface area contributed by atoms with Gasteiger partial charge >= 0.3 is 0 Å². The third kappa shape index (κ3) is 3.47. The summed E-state index contributed by atoms with van der Waals surface area (Å²) in [6.45, 7) is 8.47. The predicted octanol–water partition coefficient (Wildman–Crippen LogP) is 1.95. The molecule has 0 saturated heterocycles. The smallest absolute Gasteiger partial charge is 0.271 e. The highest BCUT2D eigenvalue weighted by atomic mass is 32.1. The zero-order valence-electron chi connectivity index (χ0n) is 17.4. The second kappa shape index (κ2) is 7.21. The summed E-state index contributed by atoms with van der Waals surface area (Å²) in [6.07, 6.45) is 2.56. The first-order valence-electron chi connectivity index (χ1n) is 10.1. The normalized spacial score (nSPS) is 16.2. The Morgan fingerprint density at radius 3 is 2.82 bits per heavy atom. The summed E-state index contributed by atoms with van der Waals surface area (Å²) in [4.78, 5) is 25.4. The van der Waals surface area contributed by atoms with Gasteiger partial charge in [0.2, 0.25) is 0 Å². The van der Waals surface area contributed by atoms with Crippen LogP contribution in [0.1, 0.15) is 44.3 Å². The number of likely N-dealkylation sites (N-methyl/N-ethyl adjacent to an activating group) is 1. The van der Waals surface area contributed by atoms with Crippen molar-refractivity contribution in [3.63, 3.8) is 0 Å². The number of nitrogens with zero attached hydrogens (tertiary/aromatic N) is 3. The lowest BCUT2D eigenvalue weighted by Gasteiger charge is -2.30. The van der Waals surface area contributed by atoms with Gasteiger partial charge in [-0.15, -0.1) is 11.3 Å². The number of aromatic nitrogens is 3. The Morgan fingerprint density at radius 2 is 2.11 bits per heavy atom. The van der Waals surface area contributed by atoms with Gasteiger partial charge in [-0.1, -0.05) is 6.92 Å². The number of thiophene rings is 1. The second-order valence-electron chi connectivity index (χ2n) is 8.64. The summed E-state index contributed by atoms with van der Waals surface area (Å²) >= 11 is 1.48. The average molecular weight is 402 g/mol. The van der Waals surface area contributed by atoms with Crippen LogP contribution in [0.15, 0.2) is 10.9 Å². The highest BCUT2D eigenvalue weighted by molar-refractivity contribution is 7.25. The maximum absolute atomic E-state index is 13.3. The van der Waals surface area contributed by atoms with Crippen molar-refractivity contribution in [3.05, 3.63) is 33.5 Å². The van der Waals surface area contributed by atoms with Crippen molar-refractivity contribution in [2.45, 2.75) is 58.8 Å². The number of rotatable bonds is 5. The van der Waals surface area contributed by atoms with E-state index in [9.17, 15) is 4.79 Å². The third-order valence-electron chi connectivity index (χ3n) is 5.34. The quantitative estimate of drug-likeness (QED) is 0.710. The van der Waals surface area contributed by atoms with Crippen molar-refractivity contribution in [2.75, 3.05) is 20.6 Å². The van der Waals surface area contributed by atoms with Gasteiger partial charge in [-0.05, 0) is 26.3 Å². The monoisotopic (exact) mass is 401 g/mol. The summed E-state index contributed by atoms with van der Waals surface area (Å²) in [7, 11) is 4.21. The van der Waals surface area contributed by atoms with Gasteiger partial charge in [-0.25, -0.2) is 9.97 Å². The summed E-state index contributed by atoms with van der Waals surface area (Å²) < 4.78 is 8.56. The molecule has 0 radical (unpaired) electrons. The minimum absolute atomic E-state index is 0.0762. The highest BCUT2D eigenvalue weighted by Crippen LogP contribution is 2.34. The van der Waals surface area contributed by atoms with Gasteiger partial charge in [0.25, 0.3) is 5.56 Å². The van der Waals surface area contributed by atoms with Gasteiger partial charge in [-0.2, -0.15) is 0 Å². The first kappa shape index (κ1) is 19.5. The van der Waals surface area contributed by atoms with Crippen LogP contribution >= 0.6 is 11.3 Å². The van der Waals surface area contributed by atoms with E-state index in [-0.39, 0.29) is 11.2 Å². The van der Waals surface area contributed by atoms with Crippen LogP contribution in [0, 0.1) is 0 Å². The van der Waals surface area contributed by atoms with Crippen LogP contribution in [0.2, 0.25) is 0 Å². The van der Waals surface area contributed by atoms with E-state index in [1.54, 1.807) is 0 Å². The van der Waals surface area contributed by atoms with E-state index in [1.165, 1.54) is 16.2 Å². The molecule has 3 aromatic rings. The van der Waals surface area contributed by atoms with Gasteiger partial charge in [0.05, 0.1) is 50.6 Å². The molecule has 3 aromatic heterocycles. The molecule has 0 amide bonds. The Bertz CT molecular complexity index is 1100. The number of fused-ring (bicyclic) bond motifs is 4. The number of pyridine rings is 1. The zero-order chi connectivity index (χ0) is 20.1. The standard InChI is InChI=1S/C21H28N4O2S/c1-6-7-16-23-17-14-10-13-12-27-21(2,3)11-15(13)22-19(14)28-18(17)20(26)25(16)9-8-24(4)5/h10H,6-9,11-12H2,1-5H3/p+1. The van der Waals surface area contributed by atoms with Crippen LogP contribution in [0.4, 0.5) is 0 Å². The van der Waals surface area contributed by atoms with Gasteiger partial charge in [0.15, 0.2) is 0 Å². The van der Waals surface area contributed by atoms with E-state index in [1.807, 2.05) is 4.57 Å². The molecule has 6 nitrogen and oxygen atoms in total. The van der Waals surface area contributed by atoms with Gasteiger partial charge < -0.3 is 9.64 Å². The fourth-order valence-electron chi connectivity index (χ4n) is 3.76. The van der Waals surface area contributed by atoms with Gasteiger partial charge in [-0.3, -0.25) is 9.36 Å². The molecule has 0 atom stereocenters. The number of hydrogen-bond acceptors (Lipinski definition) is 5. The minimum Gasteiger partial charge on any atom is -0.370 e. The Kier molecular flexibility index (Phi) is 5.02. The molecular formula is C21H29N4O2S+. The minimum atomic E-state index is -0.196. The second-order valence-corrected chi connectivity index (χ2v) is 9.64. The lowest BCUT2D eigenvalue weighted by atomic mass is 9.95. The molecule has 1 aliphatic heterocycles. The first-order chi connectivity index (χ1) is 13.3. The van der Waals surface area contributed by atoms with E-state index < -0.39 is 0 Å². The maximum Gasteiger partial charge on any atom is 0.271 e. The van der Waals surface area contributed by atoms with Crippen LogP contribution in [0.5, 0.6) is 0 Å². The van der Waals surface area contributed by atoms with Crippen molar-refractivity contribution in [2.24, 2.45) is 0 Å². The van der Waals surface area contributed by atoms with Crippen molar-refractivity contribution in [3.8, 4) is 0 Å². The van der Waals surface area contributed by atoms with E-state index in [0.29, 0.717) is 13.2 Å². The van der Waals surface area contributed by atoms with E-state index in [2.05, 4.69) is 40.9 Å². The Hall–Kier alpha value is -1.83. The Labute approximate surface area is 169 Å². The SMILES string of the molecule is CCCc1nc2c(sc3nc4c(cc32)COC(C)(C)C4)c(=O)n1CC[NH+](C)C. The van der Waals surface area contributed by atoms with Crippen LogP contribution in [0.3, 0.4) is 0 Å². The maximum atomic E-state index is 13.3. The zero-order valence-corrected chi connectivity index (χ0v) is 18.2. The molecule has 0 unspecified atom stereocenters. The molecule has 0 fully saturated rings. The van der Waals surface area contributed by atoms with Crippen LogP contribution in [0.25, 0.3) is 20.4 Å². The van der Waals surface area contributed by atoms with E-state index in [0.717, 1.165) is 63.3 Å². The number of aryl methyl sites for hydroxylation is 1. The summed E-state index contributed by atoms with van der Waals surface area (Å²) in [5.41, 5.74) is 2.89. The number of nitrogens with one attached hydrogen (secondary N) is 1.